The lowest BCUT2D eigenvalue weighted by molar-refractivity contribution is -0.149. The number of esters is 1. The van der Waals surface area contributed by atoms with Crippen LogP contribution in [0.25, 0.3) is 0 Å². The van der Waals surface area contributed by atoms with Crippen molar-refractivity contribution in [2.24, 2.45) is 5.41 Å². The topological polar surface area (TPSA) is 38.3 Å². The van der Waals surface area contributed by atoms with Crippen molar-refractivity contribution in [1.29, 1.82) is 0 Å². The van der Waals surface area contributed by atoms with E-state index in [0.29, 0.717) is 6.61 Å². The largest absolute Gasteiger partial charge is 0.465 e. The van der Waals surface area contributed by atoms with Crippen molar-refractivity contribution in [2.45, 2.75) is 59.9 Å². The van der Waals surface area contributed by atoms with Gasteiger partial charge >= 0.3 is 5.97 Å². The third kappa shape index (κ3) is 5.50. The molecule has 16 heavy (non-hydrogen) atoms. The van der Waals surface area contributed by atoms with E-state index in [9.17, 15) is 4.79 Å². The minimum Gasteiger partial charge on any atom is -0.465 e. The van der Waals surface area contributed by atoms with E-state index in [1.54, 1.807) is 0 Å². The Labute approximate surface area is 99.9 Å². The molecule has 0 atom stereocenters. The molecule has 0 amide bonds. The van der Waals surface area contributed by atoms with E-state index >= 15 is 0 Å². The average molecular weight is 229 g/mol. The lowest BCUT2D eigenvalue weighted by atomic mass is 9.87. The van der Waals surface area contributed by atoms with E-state index in [1.165, 1.54) is 0 Å². The molecule has 0 radical (unpaired) electrons. The van der Waals surface area contributed by atoms with Crippen LogP contribution in [-0.4, -0.2) is 24.7 Å². The molecule has 0 bridgehead atoms. The van der Waals surface area contributed by atoms with Crippen molar-refractivity contribution in [3.05, 3.63) is 0 Å². The minimum atomic E-state index is -0.596. The summed E-state index contributed by atoms with van der Waals surface area (Å²) in [7, 11) is 0. The van der Waals surface area contributed by atoms with Gasteiger partial charge in [-0.1, -0.05) is 27.2 Å². The van der Waals surface area contributed by atoms with Gasteiger partial charge in [0, 0.05) is 6.54 Å². The molecule has 0 aliphatic rings. The Hall–Kier alpha value is -0.570. The highest BCUT2D eigenvalue weighted by atomic mass is 16.5. The molecule has 1 N–H and O–H groups in total. The highest BCUT2D eigenvalue weighted by Crippen LogP contribution is 2.22. The fraction of sp³-hybridized carbons (Fsp3) is 0.923. The molecule has 0 aliphatic heterocycles. The maximum Gasteiger partial charge on any atom is 0.325 e. The van der Waals surface area contributed by atoms with Gasteiger partial charge in [0.25, 0.3) is 0 Å². The van der Waals surface area contributed by atoms with Crippen molar-refractivity contribution >= 4 is 5.97 Å². The molecule has 0 unspecified atom stereocenters. The molecular weight excluding hydrogens is 202 g/mol. The number of carbonyl (C=O) groups excluding carboxylic acids is 1. The van der Waals surface area contributed by atoms with E-state index in [4.69, 9.17) is 4.74 Å². The number of ether oxygens (including phenoxy) is 1. The summed E-state index contributed by atoms with van der Waals surface area (Å²) in [6, 6.07) is 0. The Bertz CT molecular complexity index is 222. The monoisotopic (exact) mass is 229 g/mol. The number of rotatable bonds is 7. The van der Waals surface area contributed by atoms with Gasteiger partial charge in [0.15, 0.2) is 0 Å². The van der Waals surface area contributed by atoms with Crippen LogP contribution in [0.1, 0.15) is 54.4 Å². The van der Waals surface area contributed by atoms with Crippen LogP contribution in [0.2, 0.25) is 0 Å². The van der Waals surface area contributed by atoms with Crippen LogP contribution in [0.15, 0.2) is 0 Å². The third-order valence-corrected chi connectivity index (χ3v) is 2.72. The molecule has 0 rings (SSSR count). The Morgan fingerprint density at radius 1 is 1.19 bits per heavy atom. The average Bonchev–Trinajstić information content (AvgIpc) is 2.15. The molecule has 3 heteroatoms. The normalized spacial score (nSPS) is 12.6. The molecule has 96 valence electrons. The molecule has 0 spiro atoms. The summed E-state index contributed by atoms with van der Waals surface area (Å²) < 4.78 is 5.03. The molecule has 0 aromatic heterocycles. The van der Waals surface area contributed by atoms with Crippen LogP contribution in [0.5, 0.6) is 0 Å². The summed E-state index contributed by atoms with van der Waals surface area (Å²) >= 11 is 0. The van der Waals surface area contributed by atoms with Crippen LogP contribution in [0.3, 0.4) is 0 Å². The zero-order chi connectivity index (χ0) is 12.8. The fourth-order valence-corrected chi connectivity index (χ4v) is 1.61. The standard InChI is InChI=1S/C13H27NO2/c1-7-9-12(3,4)10-14-13(5,6)11(15)16-8-2/h14H,7-10H2,1-6H3. The number of carbonyl (C=O) groups is 1. The van der Waals surface area contributed by atoms with Crippen molar-refractivity contribution in [2.75, 3.05) is 13.2 Å². The second-order valence-corrected chi connectivity index (χ2v) is 5.61. The molecule has 0 fully saturated rings. The van der Waals surface area contributed by atoms with E-state index in [-0.39, 0.29) is 11.4 Å². The first-order chi connectivity index (χ1) is 7.25. The highest BCUT2D eigenvalue weighted by Gasteiger charge is 2.30. The van der Waals surface area contributed by atoms with Gasteiger partial charge < -0.3 is 10.1 Å². The molecule has 0 aromatic rings. The quantitative estimate of drug-likeness (QED) is 0.682. The Morgan fingerprint density at radius 3 is 2.19 bits per heavy atom. The van der Waals surface area contributed by atoms with Crippen molar-refractivity contribution in [1.82, 2.24) is 5.32 Å². The van der Waals surface area contributed by atoms with Crippen molar-refractivity contribution in [3.63, 3.8) is 0 Å². The summed E-state index contributed by atoms with van der Waals surface area (Å²) in [5.74, 6) is -0.178. The smallest absolute Gasteiger partial charge is 0.325 e. The molecule has 0 saturated carbocycles. The van der Waals surface area contributed by atoms with Crippen LogP contribution < -0.4 is 5.32 Å². The predicted octanol–water partition coefficient (Wildman–Crippen LogP) is 2.74. The number of hydrogen-bond donors (Lipinski definition) is 1. The lowest BCUT2D eigenvalue weighted by Crippen LogP contribution is -2.50. The number of hydrogen-bond acceptors (Lipinski definition) is 3. The summed E-state index contributed by atoms with van der Waals surface area (Å²) in [6.07, 6.45) is 2.31. The Balaban J connectivity index is 4.22. The highest BCUT2D eigenvalue weighted by molar-refractivity contribution is 5.79. The van der Waals surface area contributed by atoms with Gasteiger partial charge in [-0.2, -0.15) is 0 Å². The van der Waals surface area contributed by atoms with Crippen LogP contribution in [0.4, 0.5) is 0 Å². The third-order valence-electron chi connectivity index (χ3n) is 2.72. The van der Waals surface area contributed by atoms with E-state index in [0.717, 1.165) is 19.4 Å². The first-order valence-corrected chi connectivity index (χ1v) is 6.17. The lowest BCUT2D eigenvalue weighted by Gasteiger charge is -2.31. The van der Waals surface area contributed by atoms with Crippen molar-refractivity contribution < 1.29 is 9.53 Å². The van der Waals surface area contributed by atoms with Gasteiger partial charge in [-0.25, -0.2) is 0 Å². The maximum atomic E-state index is 11.7. The molecule has 3 nitrogen and oxygen atoms in total. The van der Waals surface area contributed by atoms with Gasteiger partial charge in [-0.05, 0) is 32.6 Å². The second kappa shape index (κ2) is 6.24. The summed E-state index contributed by atoms with van der Waals surface area (Å²) in [5, 5.41) is 3.29. The molecule has 0 aromatic carbocycles. The van der Waals surface area contributed by atoms with Crippen LogP contribution >= 0.6 is 0 Å². The van der Waals surface area contributed by atoms with E-state index < -0.39 is 5.54 Å². The molecule has 0 heterocycles. The maximum absolute atomic E-state index is 11.7. The van der Waals surface area contributed by atoms with Gasteiger partial charge in [0.05, 0.1) is 6.61 Å². The first-order valence-electron chi connectivity index (χ1n) is 6.17. The van der Waals surface area contributed by atoms with Gasteiger partial charge in [-0.3, -0.25) is 4.79 Å². The summed E-state index contributed by atoms with van der Waals surface area (Å²) in [5.41, 5.74) is -0.375. The van der Waals surface area contributed by atoms with Gasteiger partial charge in [-0.15, -0.1) is 0 Å². The Morgan fingerprint density at radius 2 is 1.75 bits per heavy atom. The Kier molecular flexibility index (Phi) is 6.01. The first kappa shape index (κ1) is 15.4. The molecule has 0 saturated heterocycles. The van der Waals surface area contributed by atoms with Crippen LogP contribution in [0, 0.1) is 5.41 Å². The van der Waals surface area contributed by atoms with E-state index in [1.807, 2.05) is 20.8 Å². The fourth-order valence-electron chi connectivity index (χ4n) is 1.61. The summed E-state index contributed by atoms with van der Waals surface area (Å²) in [6.45, 7) is 13.4. The molecule has 0 aliphatic carbocycles. The summed E-state index contributed by atoms with van der Waals surface area (Å²) in [4.78, 5) is 11.7. The second-order valence-electron chi connectivity index (χ2n) is 5.61. The minimum absolute atomic E-state index is 0.178. The molecular formula is C13H27NO2. The zero-order valence-corrected chi connectivity index (χ0v) is 11.6. The SMILES string of the molecule is CCCC(C)(C)CNC(C)(C)C(=O)OCC. The zero-order valence-electron chi connectivity index (χ0n) is 11.6. The predicted molar refractivity (Wildman–Crippen MR) is 67.4 cm³/mol. The van der Waals surface area contributed by atoms with Gasteiger partial charge in [0.2, 0.25) is 0 Å². The van der Waals surface area contributed by atoms with Crippen molar-refractivity contribution in [3.8, 4) is 0 Å². The van der Waals surface area contributed by atoms with Crippen LogP contribution in [-0.2, 0) is 9.53 Å². The van der Waals surface area contributed by atoms with Gasteiger partial charge in [0.1, 0.15) is 5.54 Å². The number of nitrogens with one attached hydrogen (secondary N) is 1. The van der Waals surface area contributed by atoms with E-state index in [2.05, 4.69) is 26.1 Å².